The van der Waals surface area contributed by atoms with Crippen LogP contribution in [0.15, 0.2) is 36.9 Å². The Balaban J connectivity index is 0.000000302. The highest BCUT2D eigenvalue weighted by Crippen LogP contribution is 2.47. The molecule has 1 aliphatic heterocycles. The smallest absolute Gasteiger partial charge is 0.404 e. The van der Waals surface area contributed by atoms with E-state index in [1.165, 1.54) is 0 Å². The van der Waals surface area contributed by atoms with Gasteiger partial charge in [0.15, 0.2) is 22.6 Å². The SMILES string of the molecule is CC[C@@H]1C[C@H](O[C@H]2C[C@@H](CC)[C@@H](c3nnc4cnc5[nH]ccc5n34)C2)C[C@@H]1c1nnc2cnc3[nH]ccc3n12.O=C(O)NC[C@H]1CCCO1. The van der Waals surface area contributed by atoms with Crippen LogP contribution in [-0.2, 0) is 9.47 Å². The molecule has 258 valence electrons. The molecule has 0 bridgehead atoms. The van der Waals surface area contributed by atoms with E-state index < -0.39 is 6.09 Å². The van der Waals surface area contributed by atoms with E-state index in [4.69, 9.17) is 14.6 Å². The van der Waals surface area contributed by atoms with E-state index in [-0.39, 0.29) is 18.3 Å². The van der Waals surface area contributed by atoms with Crippen LogP contribution in [0.5, 0.6) is 0 Å². The van der Waals surface area contributed by atoms with Crippen LogP contribution < -0.4 is 5.32 Å². The first kappa shape index (κ1) is 31.6. The number of ether oxygens (including phenoxy) is 2. The van der Waals surface area contributed by atoms with Crippen molar-refractivity contribution in [2.24, 2.45) is 11.8 Å². The van der Waals surface area contributed by atoms with Gasteiger partial charge < -0.3 is 29.9 Å². The van der Waals surface area contributed by atoms with Crippen molar-refractivity contribution in [1.82, 2.24) is 54.4 Å². The molecule has 6 aromatic heterocycles. The van der Waals surface area contributed by atoms with Crippen LogP contribution >= 0.6 is 0 Å². The number of hydrogen-bond donors (Lipinski definition) is 4. The van der Waals surface area contributed by atoms with E-state index in [0.717, 1.165) is 103 Å². The molecular formula is C34H43N11O4. The van der Waals surface area contributed by atoms with Crippen molar-refractivity contribution >= 4 is 39.7 Å². The second kappa shape index (κ2) is 13.3. The van der Waals surface area contributed by atoms with Crippen LogP contribution in [0.1, 0.15) is 88.7 Å². The largest absolute Gasteiger partial charge is 0.465 e. The van der Waals surface area contributed by atoms with Gasteiger partial charge in [0.05, 0.1) is 41.7 Å². The number of carboxylic acid groups (broad SMARTS) is 1. The van der Waals surface area contributed by atoms with E-state index in [1.807, 2.05) is 12.4 Å². The Morgan fingerprint density at radius 2 is 1.43 bits per heavy atom. The summed E-state index contributed by atoms with van der Waals surface area (Å²) in [6.45, 7) is 5.76. The normalized spacial score (nSPS) is 27.0. The van der Waals surface area contributed by atoms with Crippen molar-refractivity contribution < 1.29 is 19.4 Å². The summed E-state index contributed by atoms with van der Waals surface area (Å²) < 4.78 is 16.4. The van der Waals surface area contributed by atoms with Crippen molar-refractivity contribution in [1.29, 1.82) is 0 Å². The predicted octanol–water partition coefficient (Wildman–Crippen LogP) is 5.22. The maximum absolute atomic E-state index is 9.99. The average molecular weight is 670 g/mol. The van der Waals surface area contributed by atoms with Crippen LogP contribution in [0.3, 0.4) is 0 Å². The third-order valence-corrected chi connectivity index (χ3v) is 10.8. The predicted molar refractivity (Wildman–Crippen MR) is 180 cm³/mol. The minimum atomic E-state index is -0.976. The highest BCUT2D eigenvalue weighted by atomic mass is 16.5. The van der Waals surface area contributed by atoms with Crippen molar-refractivity contribution in [3.8, 4) is 0 Å². The number of nitrogens with one attached hydrogen (secondary N) is 3. The van der Waals surface area contributed by atoms with E-state index in [0.29, 0.717) is 30.2 Å². The summed E-state index contributed by atoms with van der Waals surface area (Å²) in [5.41, 5.74) is 5.38. The van der Waals surface area contributed by atoms with Gasteiger partial charge >= 0.3 is 6.09 Å². The average Bonchev–Trinajstić information content (AvgIpc) is 3.95. The lowest BCUT2D eigenvalue weighted by atomic mass is 9.93. The fourth-order valence-electron chi connectivity index (χ4n) is 8.46. The third kappa shape index (κ3) is 5.98. The van der Waals surface area contributed by atoms with Crippen molar-refractivity contribution in [2.45, 2.75) is 95.4 Å². The molecule has 15 nitrogen and oxygen atoms in total. The van der Waals surface area contributed by atoms with Crippen molar-refractivity contribution in [3.63, 3.8) is 0 Å². The molecule has 3 aliphatic rings. The quantitative estimate of drug-likeness (QED) is 0.167. The first-order valence-electron chi connectivity index (χ1n) is 17.6. The molecule has 0 spiro atoms. The van der Waals surface area contributed by atoms with Gasteiger partial charge in [0.25, 0.3) is 0 Å². The summed E-state index contributed by atoms with van der Waals surface area (Å²) in [7, 11) is 0. The molecule has 4 N–H and O–H groups in total. The van der Waals surface area contributed by atoms with Gasteiger partial charge in [-0.05, 0) is 62.5 Å². The molecule has 7 atom stereocenters. The second-order valence-corrected chi connectivity index (χ2v) is 13.6. The van der Waals surface area contributed by atoms with E-state index in [9.17, 15) is 4.79 Å². The Kier molecular flexibility index (Phi) is 8.62. The van der Waals surface area contributed by atoms with Crippen LogP contribution in [-0.4, -0.2) is 91.8 Å². The van der Waals surface area contributed by atoms with Crippen LogP contribution in [0.25, 0.3) is 33.6 Å². The second-order valence-electron chi connectivity index (χ2n) is 13.6. The molecule has 49 heavy (non-hydrogen) atoms. The third-order valence-electron chi connectivity index (χ3n) is 10.8. The number of aromatic amines is 2. The van der Waals surface area contributed by atoms with Gasteiger partial charge in [-0.2, -0.15) is 0 Å². The van der Waals surface area contributed by atoms with Gasteiger partial charge in [0, 0.05) is 37.4 Å². The molecule has 7 heterocycles. The number of nitrogens with zero attached hydrogens (tertiary/aromatic N) is 8. The lowest BCUT2D eigenvalue weighted by molar-refractivity contribution is -0.00877. The Morgan fingerprint density at radius 1 is 0.878 bits per heavy atom. The fraction of sp³-hybridized carbons (Fsp3) is 0.559. The molecule has 0 aromatic carbocycles. The number of hydrogen-bond acceptors (Lipinski definition) is 9. The number of aromatic nitrogens is 10. The molecule has 0 radical (unpaired) electrons. The number of amides is 1. The van der Waals surface area contributed by atoms with Gasteiger partial charge in [0.2, 0.25) is 0 Å². The first-order valence-corrected chi connectivity index (χ1v) is 17.6. The van der Waals surface area contributed by atoms with Crippen molar-refractivity contribution in [3.05, 3.63) is 48.6 Å². The molecule has 6 aromatic rings. The number of carbonyl (C=O) groups is 1. The molecule has 2 aliphatic carbocycles. The van der Waals surface area contributed by atoms with Gasteiger partial charge in [-0.1, -0.05) is 26.7 Å². The molecule has 15 heteroatoms. The molecule has 1 amide bonds. The zero-order chi connectivity index (χ0) is 33.5. The highest BCUT2D eigenvalue weighted by Gasteiger charge is 2.42. The standard InChI is InChI=1S/C28H32N10O.C6H11NO3/c1-3-15-9-17(11-19(15)27-35-33-23-13-31-25-21(37(23)27)5-7-29-25)39-18-10-16(4-2)20(12-18)28-36-34-24-14-32-26-22(38(24)28)6-8-30-26;8-6(9)7-4-5-2-1-3-10-5/h5-8,13-20,29-30H,3-4,9-12H2,1-2H3;5,7H,1-4H2,(H,8,9)/t15-,16-,17+,18+,19+,20+;5-/m11/s1. The van der Waals surface area contributed by atoms with E-state index >= 15 is 0 Å². The molecule has 2 saturated carbocycles. The van der Waals surface area contributed by atoms with Crippen LogP contribution in [0.2, 0.25) is 0 Å². The zero-order valence-electron chi connectivity index (χ0n) is 27.8. The van der Waals surface area contributed by atoms with Crippen molar-refractivity contribution in [2.75, 3.05) is 13.2 Å². The summed E-state index contributed by atoms with van der Waals surface area (Å²) >= 11 is 0. The summed E-state index contributed by atoms with van der Waals surface area (Å²) in [4.78, 5) is 25.4. The zero-order valence-corrected chi connectivity index (χ0v) is 27.8. The molecule has 3 fully saturated rings. The maximum Gasteiger partial charge on any atom is 0.404 e. The molecular weight excluding hydrogens is 626 g/mol. The molecule has 9 rings (SSSR count). The highest BCUT2D eigenvalue weighted by molar-refractivity contribution is 5.75. The van der Waals surface area contributed by atoms with Crippen LogP contribution in [0.4, 0.5) is 4.79 Å². The summed E-state index contributed by atoms with van der Waals surface area (Å²) in [6, 6.07) is 4.11. The van der Waals surface area contributed by atoms with Gasteiger partial charge in [-0.25, -0.2) is 14.8 Å². The molecule has 1 saturated heterocycles. The minimum Gasteiger partial charge on any atom is -0.465 e. The van der Waals surface area contributed by atoms with Gasteiger partial charge in [-0.3, -0.25) is 8.80 Å². The Hall–Kier alpha value is -4.63. The number of rotatable bonds is 8. The van der Waals surface area contributed by atoms with E-state index in [2.05, 4.69) is 80.4 Å². The Morgan fingerprint density at radius 3 is 1.90 bits per heavy atom. The Labute approximate surface area is 282 Å². The van der Waals surface area contributed by atoms with Gasteiger partial charge in [0.1, 0.15) is 11.6 Å². The monoisotopic (exact) mass is 669 g/mol. The summed E-state index contributed by atoms with van der Waals surface area (Å²) in [5, 5.41) is 28.8. The summed E-state index contributed by atoms with van der Waals surface area (Å²) in [6.07, 6.45) is 15.3. The molecule has 0 unspecified atom stereocenters. The summed E-state index contributed by atoms with van der Waals surface area (Å²) in [5.74, 6) is 3.71. The van der Waals surface area contributed by atoms with Gasteiger partial charge in [-0.15, -0.1) is 20.4 Å². The number of H-pyrrole nitrogens is 2. The fourth-order valence-corrected chi connectivity index (χ4v) is 8.46. The Bertz CT molecular complexity index is 1930. The van der Waals surface area contributed by atoms with E-state index in [1.54, 1.807) is 12.4 Å². The maximum atomic E-state index is 9.99. The lowest BCUT2D eigenvalue weighted by Gasteiger charge is -2.18. The topological polar surface area (TPSA) is 186 Å². The lowest BCUT2D eigenvalue weighted by Crippen LogP contribution is -2.30. The minimum absolute atomic E-state index is 0.107. The number of fused-ring (bicyclic) bond motifs is 6. The first-order chi connectivity index (χ1) is 24.0. The van der Waals surface area contributed by atoms with Crippen LogP contribution in [0, 0.1) is 11.8 Å².